The first-order valence-corrected chi connectivity index (χ1v) is 7.72. The molecule has 0 spiro atoms. The highest BCUT2D eigenvalue weighted by molar-refractivity contribution is 14.0. The van der Waals surface area contributed by atoms with Gasteiger partial charge >= 0.3 is 0 Å². The average Bonchev–Trinajstić information content (AvgIpc) is 2.38. The van der Waals surface area contributed by atoms with Gasteiger partial charge in [-0.05, 0) is 36.1 Å². The number of nitrogens with one attached hydrogen (secondary N) is 1. The summed E-state index contributed by atoms with van der Waals surface area (Å²) in [7, 11) is 3.72. The Morgan fingerprint density at radius 2 is 2.20 bits per heavy atom. The summed E-state index contributed by atoms with van der Waals surface area (Å²) in [6.45, 7) is 1.54. The zero-order valence-electron chi connectivity index (χ0n) is 12.2. The Balaban J connectivity index is 0.00000361. The minimum atomic E-state index is -0.200. The van der Waals surface area contributed by atoms with Crippen LogP contribution in [0, 0.1) is 5.82 Å². The van der Waals surface area contributed by atoms with E-state index < -0.39 is 0 Å². The summed E-state index contributed by atoms with van der Waals surface area (Å²) in [5.41, 5.74) is 0.939. The Morgan fingerprint density at radius 1 is 1.45 bits per heavy atom. The number of hydrogen-bond acceptors (Lipinski definition) is 2. The third-order valence-corrected chi connectivity index (χ3v) is 3.39. The molecule has 3 nitrogen and oxygen atoms in total. The number of hydrogen-bond donors (Lipinski definition) is 1. The fourth-order valence-corrected chi connectivity index (χ4v) is 2.22. The molecular weight excluding hydrogens is 388 g/mol. The second-order valence-electron chi connectivity index (χ2n) is 4.31. The van der Waals surface area contributed by atoms with Gasteiger partial charge in [-0.15, -0.1) is 24.0 Å². The van der Waals surface area contributed by atoms with E-state index in [1.165, 1.54) is 6.07 Å². The molecule has 20 heavy (non-hydrogen) atoms. The van der Waals surface area contributed by atoms with Crippen molar-refractivity contribution in [1.29, 1.82) is 0 Å². The van der Waals surface area contributed by atoms with Crippen molar-refractivity contribution in [3.05, 3.63) is 35.6 Å². The highest BCUT2D eigenvalue weighted by Crippen LogP contribution is 2.06. The molecule has 0 aromatic heterocycles. The van der Waals surface area contributed by atoms with E-state index in [4.69, 9.17) is 0 Å². The molecular formula is C14H23FIN3S. The number of rotatable bonds is 6. The molecule has 0 saturated heterocycles. The molecule has 0 unspecified atom stereocenters. The van der Waals surface area contributed by atoms with Gasteiger partial charge in [0.05, 0.1) is 0 Å². The molecule has 0 aliphatic heterocycles. The van der Waals surface area contributed by atoms with Gasteiger partial charge in [0.1, 0.15) is 5.82 Å². The van der Waals surface area contributed by atoms with Crippen LogP contribution in [0.2, 0.25) is 0 Å². The molecule has 0 aliphatic rings. The fourth-order valence-electron chi connectivity index (χ4n) is 1.79. The Bertz CT molecular complexity index is 415. The zero-order valence-corrected chi connectivity index (χ0v) is 15.4. The van der Waals surface area contributed by atoms with Crippen molar-refractivity contribution >= 4 is 41.7 Å². The first-order chi connectivity index (χ1) is 9.17. The second-order valence-corrected chi connectivity index (χ2v) is 5.29. The van der Waals surface area contributed by atoms with Gasteiger partial charge in [-0.25, -0.2) is 4.39 Å². The third-order valence-electron chi connectivity index (χ3n) is 2.69. The molecule has 1 aromatic rings. The molecule has 0 aliphatic carbocycles. The Kier molecular flexibility index (Phi) is 10.9. The van der Waals surface area contributed by atoms with Crippen molar-refractivity contribution in [2.75, 3.05) is 32.6 Å². The Morgan fingerprint density at radius 3 is 2.80 bits per heavy atom. The van der Waals surface area contributed by atoms with Crippen LogP contribution in [-0.4, -0.2) is 43.5 Å². The monoisotopic (exact) mass is 411 g/mol. The van der Waals surface area contributed by atoms with Gasteiger partial charge in [-0.3, -0.25) is 4.99 Å². The summed E-state index contributed by atoms with van der Waals surface area (Å²) in [5, 5.41) is 3.31. The topological polar surface area (TPSA) is 27.6 Å². The van der Waals surface area contributed by atoms with Gasteiger partial charge < -0.3 is 10.2 Å². The molecule has 0 saturated carbocycles. The van der Waals surface area contributed by atoms with Crippen LogP contribution in [0.4, 0.5) is 4.39 Å². The van der Waals surface area contributed by atoms with Crippen LogP contribution in [0.1, 0.15) is 12.0 Å². The van der Waals surface area contributed by atoms with E-state index in [0.29, 0.717) is 6.54 Å². The molecule has 0 radical (unpaired) electrons. The molecule has 0 atom stereocenters. The van der Waals surface area contributed by atoms with Crippen molar-refractivity contribution in [2.24, 2.45) is 4.99 Å². The second kappa shape index (κ2) is 11.2. The molecule has 0 heterocycles. The molecule has 1 rings (SSSR count). The average molecular weight is 411 g/mol. The molecule has 6 heteroatoms. The van der Waals surface area contributed by atoms with Gasteiger partial charge in [-0.2, -0.15) is 11.8 Å². The van der Waals surface area contributed by atoms with Crippen molar-refractivity contribution < 1.29 is 4.39 Å². The lowest BCUT2D eigenvalue weighted by atomic mass is 10.2. The zero-order chi connectivity index (χ0) is 14.1. The van der Waals surface area contributed by atoms with Crippen molar-refractivity contribution in [1.82, 2.24) is 10.2 Å². The van der Waals surface area contributed by atoms with E-state index in [1.54, 1.807) is 19.2 Å². The lowest BCUT2D eigenvalue weighted by Gasteiger charge is -2.22. The highest BCUT2D eigenvalue weighted by atomic mass is 127. The van der Waals surface area contributed by atoms with Crippen molar-refractivity contribution in [2.45, 2.75) is 13.0 Å². The lowest BCUT2D eigenvalue weighted by Crippen LogP contribution is -2.39. The van der Waals surface area contributed by atoms with E-state index in [2.05, 4.69) is 16.6 Å². The maximum Gasteiger partial charge on any atom is 0.193 e. The number of nitrogens with zero attached hydrogens (tertiary/aromatic N) is 2. The summed E-state index contributed by atoms with van der Waals surface area (Å²) in [4.78, 5) is 6.23. The van der Waals surface area contributed by atoms with E-state index in [1.807, 2.05) is 29.8 Å². The van der Waals surface area contributed by atoms with Gasteiger partial charge in [0.2, 0.25) is 0 Å². The quantitative estimate of drug-likeness (QED) is 0.337. The number of thioether (sulfide) groups is 1. The van der Waals surface area contributed by atoms with E-state index in [-0.39, 0.29) is 29.8 Å². The van der Waals surface area contributed by atoms with Gasteiger partial charge in [0.25, 0.3) is 0 Å². The minimum absolute atomic E-state index is 0. The van der Waals surface area contributed by atoms with Crippen molar-refractivity contribution in [3.8, 4) is 0 Å². The smallest absolute Gasteiger partial charge is 0.193 e. The minimum Gasteiger partial charge on any atom is -0.356 e. The van der Waals surface area contributed by atoms with Crippen molar-refractivity contribution in [3.63, 3.8) is 0 Å². The van der Waals surface area contributed by atoms with Crippen LogP contribution >= 0.6 is 35.7 Å². The summed E-state index contributed by atoms with van der Waals surface area (Å²) < 4.78 is 13.1. The lowest BCUT2D eigenvalue weighted by molar-refractivity contribution is 0.475. The summed E-state index contributed by atoms with van der Waals surface area (Å²) in [6.07, 6.45) is 3.21. The summed E-state index contributed by atoms with van der Waals surface area (Å²) >= 11 is 1.84. The van der Waals surface area contributed by atoms with Crippen LogP contribution in [0.5, 0.6) is 0 Å². The van der Waals surface area contributed by atoms with Gasteiger partial charge in [-0.1, -0.05) is 12.1 Å². The number of benzene rings is 1. The highest BCUT2D eigenvalue weighted by Gasteiger charge is 2.06. The third kappa shape index (κ3) is 7.33. The summed E-state index contributed by atoms with van der Waals surface area (Å²) in [5.74, 6) is 1.77. The van der Waals surface area contributed by atoms with Crippen LogP contribution in [0.3, 0.4) is 0 Å². The normalized spacial score (nSPS) is 10.9. The maximum atomic E-state index is 13.1. The van der Waals surface area contributed by atoms with Crippen LogP contribution < -0.4 is 5.32 Å². The first-order valence-electron chi connectivity index (χ1n) is 6.32. The van der Waals surface area contributed by atoms with E-state index >= 15 is 0 Å². The Labute approximate surface area is 142 Å². The molecule has 1 N–H and O–H groups in total. The maximum absolute atomic E-state index is 13.1. The van der Waals surface area contributed by atoms with Crippen LogP contribution in [0.25, 0.3) is 0 Å². The van der Waals surface area contributed by atoms with Gasteiger partial charge in [0, 0.05) is 27.2 Å². The fraction of sp³-hybridized carbons (Fsp3) is 0.500. The van der Waals surface area contributed by atoms with Crippen LogP contribution in [-0.2, 0) is 6.54 Å². The largest absolute Gasteiger partial charge is 0.356 e. The first kappa shape index (κ1) is 19.5. The van der Waals surface area contributed by atoms with E-state index in [0.717, 1.165) is 30.2 Å². The predicted octanol–water partition coefficient (Wildman–Crippen LogP) is 3.20. The Hall–Kier alpha value is -0.500. The number of halogens is 2. The predicted molar refractivity (Wildman–Crippen MR) is 97.6 cm³/mol. The standard InChI is InChI=1S/C14H22FN3S.HI/c1-16-14(17-8-5-9-19-3)18(2)11-12-6-4-7-13(15)10-12;/h4,6-7,10H,5,8-9,11H2,1-3H3,(H,16,17);1H. The number of aliphatic imine (C=N–C) groups is 1. The molecule has 0 amide bonds. The van der Waals surface area contributed by atoms with Crippen LogP contribution in [0.15, 0.2) is 29.3 Å². The van der Waals surface area contributed by atoms with Gasteiger partial charge in [0.15, 0.2) is 5.96 Å². The number of guanidine groups is 1. The van der Waals surface area contributed by atoms with E-state index in [9.17, 15) is 4.39 Å². The molecule has 114 valence electrons. The SMILES string of the molecule is CN=C(NCCCSC)N(C)Cc1cccc(F)c1.I. The molecule has 0 fully saturated rings. The summed E-state index contributed by atoms with van der Waals surface area (Å²) in [6, 6.07) is 6.66. The molecule has 1 aromatic carbocycles. The molecule has 0 bridgehead atoms.